The smallest absolute Gasteiger partial charge is 0.143 e. The number of aromatic nitrogens is 1. The highest BCUT2D eigenvalue weighted by atomic mass is 32.2. The number of anilines is 3. The summed E-state index contributed by atoms with van der Waals surface area (Å²) in [6.45, 7) is 6.64. The Labute approximate surface area is 215 Å². The molecule has 0 bridgehead atoms. The predicted octanol–water partition coefficient (Wildman–Crippen LogP) is 3.57. The fraction of sp³-hybridized carbons (Fsp3) is 0.593. The van der Waals surface area contributed by atoms with Gasteiger partial charge in [-0.05, 0) is 81.5 Å². The van der Waals surface area contributed by atoms with Gasteiger partial charge in [0.25, 0.3) is 0 Å². The molecule has 0 saturated carbocycles. The van der Waals surface area contributed by atoms with Gasteiger partial charge in [-0.1, -0.05) is 6.07 Å². The average Bonchev–Trinajstić information content (AvgIpc) is 3.13. The molecular weight excluding hydrogens is 472 g/mol. The number of rotatable bonds is 3. The maximum atomic E-state index is 12.7. The molecule has 5 heterocycles. The summed E-state index contributed by atoms with van der Waals surface area (Å²) in [7, 11) is -0.374. The zero-order chi connectivity index (χ0) is 24.5. The second kappa shape index (κ2) is 10.2. The number of likely N-dealkylation sites (tertiary alicyclic amines) is 1. The molecule has 0 spiro atoms. The maximum absolute atomic E-state index is 12.7. The minimum absolute atomic E-state index is 0.469. The number of hydrogen-bond donors (Lipinski definition) is 2. The lowest BCUT2D eigenvalue weighted by Crippen LogP contribution is -2.46. The maximum Gasteiger partial charge on any atom is 0.143 e. The van der Waals surface area contributed by atoms with Crippen LogP contribution in [0.2, 0.25) is 0 Å². The lowest BCUT2D eigenvalue weighted by Gasteiger charge is -2.39. The monoisotopic (exact) mass is 510 g/mol. The van der Waals surface area contributed by atoms with Crippen LogP contribution in [0.25, 0.3) is 0 Å². The Kier molecular flexibility index (Phi) is 6.79. The number of fused-ring (bicyclic) bond motifs is 2. The Balaban J connectivity index is 1.17. The zero-order valence-electron chi connectivity index (χ0n) is 21.2. The molecule has 0 atom stereocenters. The van der Waals surface area contributed by atoms with Crippen molar-refractivity contribution in [3.05, 3.63) is 41.6 Å². The fourth-order valence-corrected chi connectivity index (χ4v) is 7.82. The Bertz CT molecular complexity index is 1200. The van der Waals surface area contributed by atoms with E-state index >= 15 is 0 Å². The van der Waals surface area contributed by atoms with E-state index in [0.29, 0.717) is 24.0 Å². The van der Waals surface area contributed by atoms with Crippen LogP contribution in [0.15, 0.2) is 34.8 Å². The Morgan fingerprint density at radius 2 is 1.83 bits per heavy atom. The number of nitrogens with one attached hydrogen (secondary N) is 2. The molecule has 36 heavy (non-hydrogen) atoms. The van der Waals surface area contributed by atoms with E-state index in [4.69, 9.17) is 4.74 Å². The van der Waals surface area contributed by atoms with Crippen molar-refractivity contribution in [1.82, 2.24) is 15.2 Å². The lowest BCUT2D eigenvalue weighted by molar-refractivity contribution is 0.127. The first-order valence-electron chi connectivity index (χ1n) is 13.4. The molecule has 1 aromatic heterocycles. The van der Waals surface area contributed by atoms with Crippen molar-refractivity contribution in [1.29, 1.82) is 0 Å². The zero-order valence-corrected chi connectivity index (χ0v) is 22.1. The van der Waals surface area contributed by atoms with Crippen LogP contribution in [0.4, 0.5) is 17.2 Å². The molecule has 2 aromatic rings. The van der Waals surface area contributed by atoms with Gasteiger partial charge < -0.3 is 25.2 Å². The number of hydrogen-bond acceptors (Lipinski definition) is 8. The normalized spacial score (nSPS) is 23.1. The Morgan fingerprint density at radius 1 is 1.06 bits per heavy atom. The first-order valence-corrected chi connectivity index (χ1v) is 15.3. The molecule has 3 fully saturated rings. The summed E-state index contributed by atoms with van der Waals surface area (Å²) >= 11 is 0. The number of ether oxygens (including phenoxy) is 1. The van der Waals surface area contributed by atoms with Crippen molar-refractivity contribution < 1.29 is 8.95 Å². The standard InChI is InChI=1S/C27H38N6O2S/c1-28-36(34)16-14-33(15-17-36)25-6-11-30-27-23(25)19-35-26-3-2-21(18-24(26)31-27)20-7-12-32(13-8-20)22-4-9-29-10-5-22/h2-3,6,11,18,20,22,29H,4-5,7-10,12-17,19H2,1H3,(H,30,31). The van der Waals surface area contributed by atoms with Crippen LogP contribution in [0.5, 0.6) is 5.75 Å². The van der Waals surface area contributed by atoms with E-state index < -0.39 is 9.73 Å². The highest BCUT2D eigenvalue weighted by Crippen LogP contribution is 2.40. The van der Waals surface area contributed by atoms with Crippen LogP contribution < -0.4 is 20.3 Å². The molecule has 6 rings (SSSR count). The van der Waals surface area contributed by atoms with Gasteiger partial charge in [-0.3, -0.25) is 0 Å². The van der Waals surface area contributed by atoms with Crippen molar-refractivity contribution in [2.24, 2.45) is 4.36 Å². The number of piperidine rings is 2. The molecule has 4 aliphatic rings. The fourth-order valence-electron chi connectivity index (χ4n) is 6.24. The molecule has 0 aliphatic carbocycles. The van der Waals surface area contributed by atoms with Gasteiger partial charge in [0, 0.05) is 59.3 Å². The highest BCUT2D eigenvalue weighted by molar-refractivity contribution is 7.93. The topological polar surface area (TPSA) is 82.1 Å². The molecule has 0 unspecified atom stereocenters. The van der Waals surface area contributed by atoms with Crippen LogP contribution in [0.3, 0.4) is 0 Å². The predicted molar refractivity (Wildman–Crippen MR) is 146 cm³/mol. The molecule has 4 aliphatic heterocycles. The van der Waals surface area contributed by atoms with E-state index in [1.165, 1.54) is 44.3 Å². The SMILES string of the molecule is CN=S1(=O)CCN(c2ccnc3c2COc2ccc(C4CCN(C5CCNCC5)CC4)cc2N3)CC1. The number of benzene rings is 1. The summed E-state index contributed by atoms with van der Waals surface area (Å²) in [6.07, 6.45) is 6.85. The second-order valence-electron chi connectivity index (χ2n) is 10.5. The number of pyridine rings is 1. The summed E-state index contributed by atoms with van der Waals surface area (Å²) in [5.41, 5.74) is 4.57. The summed E-state index contributed by atoms with van der Waals surface area (Å²) in [4.78, 5) is 9.70. The van der Waals surface area contributed by atoms with E-state index in [-0.39, 0.29) is 0 Å². The van der Waals surface area contributed by atoms with Gasteiger partial charge in [0.2, 0.25) is 0 Å². The minimum Gasteiger partial charge on any atom is -0.487 e. The van der Waals surface area contributed by atoms with Crippen molar-refractivity contribution in [2.45, 2.75) is 44.2 Å². The van der Waals surface area contributed by atoms with Gasteiger partial charge in [-0.2, -0.15) is 0 Å². The second-order valence-corrected chi connectivity index (χ2v) is 13.2. The van der Waals surface area contributed by atoms with E-state index in [2.05, 4.69) is 54.0 Å². The minimum atomic E-state index is -2.05. The highest BCUT2D eigenvalue weighted by Gasteiger charge is 2.28. The van der Waals surface area contributed by atoms with Gasteiger partial charge in [-0.15, -0.1) is 0 Å². The quantitative estimate of drug-likeness (QED) is 0.653. The first kappa shape index (κ1) is 24.0. The van der Waals surface area contributed by atoms with E-state index in [0.717, 1.165) is 60.7 Å². The van der Waals surface area contributed by atoms with Gasteiger partial charge in [0.05, 0.1) is 11.3 Å². The van der Waals surface area contributed by atoms with Crippen molar-refractivity contribution in [3.63, 3.8) is 0 Å². The molecule has 9 heteroatoms. The average molecular weight is 511 g/mol. The summed E-state index contributed by atoms with van der Waals surface area (Å²) in [5, 5.41) is 7.08. The van der Waals surface area contributed by atoms with Crippen LogP contribution in [0, 0.1) is 0 Å². The van der Waals surface area contributed by atoms with Crippen molar-refractivity contribution in [2.75, 3.05) is 68.0 Å². The van der Waals surface area contributed by atoms with Crippen LogP contribution in [-0.4, -0.2) is 78.0 Å². The Hall–Kier alpha value is -2.36. The van der Waals surface area contributed by atoms with E-state index in [1.54, 1.807) is 7.05 Å². The van der Waals surface area contributed by atoms with Crippen molar-refractivity contribution >= 4 is 26.9 Å². The molecule has 194 valence electrons. The summed E-state index contributed by atoms with van der Waals surface area (Å²) in [6, 6.07) is 9.47. The Morgan fingerprint density at radius 3 is 2.58 bits per heavy atom. The van der Waals surface area contributed by atoms with Crippen LogP contribution in [0.1, 0.15) is 42.7 Å². The van der Waals surface area contributed by atoms with Crippen molar-refractivity contribution in [3.8, 4) is 5.75 Å². The molecule has 3 saturated heterocycles. The van der Waals surface area contributed by atoms with E-state index in [9.17, 15) is 4.21 Å². The third-order valence-electron chi connectivity index (χ3n) is 8.52. The lowest BCUT2D eigenvalue weighted by atomic mass is 9.87. The molecule has 0 radical (unpaired) electrons. The molecule has 0 amide bonds. The van der Waals surface area contributed by atoms with Crippen LogP contribution >= 0.6 is 0 Å². The van der Waals surface area contributed by atoms with Crippen LogP contribution in [-0.2, 0) is 16.3 Å². The molecule has 1 aromatic carbocycles. The largest absolute Gasteiger partial charge is 0.487 e. The molecular formula is C27H38N6O2S. The summed E-state index contributed by atoms with van der Waals surface area (Å²) in [5.74, 6) is 3.53. The summed E-state index contributed by atoms with van der Waals surface area (Å²) < 4.78 is 23.1. The number of nitrogens with zero attached hydrogens (tertiary/aromatic N) is 4. The van der Waals surface area contributed by atoms with Gasteiger partial charge in [0.15, 0.2) is 0 Å². The molecule has 2 N–H and O–H groups in total. The van der Waals surface area contributed by atoms with Gasteiger partial charge >= 0.3 is 0 Å². The third kappa shape index (κ3) is 4.80. The van der Waals surface area contributed by atoms with Gasteiger partial charge in [-0.25, -0.2) is 13.6 Å². The first-order chi connectivity index (χ1) is 17.6. The van der Waals surface area contributed by atoms with Gasteiger partial charge in [0.1, 0.15) is 18.2 Å². The third-order valence-corrected chi connectivity index (χ3v) is 10.8. The molecule has 8 nitrogen and oxygen atoms in total. The van der Waals surface area contributed by atoms with E-state index in [1.807, 2.05) is 6.20 Å².